The number of rotatable bonds is 5. The second-order valence-electron chi connectivity index (χ2n) is 4.95. The van der Waals surface area contributed by atoms with Gasteiger partial charge in [-0.1, -0.05) is 44.2 Å². The fourth-order valence-corrected chi connectivity index (χ4v) is 3.63. The highest BCUT2D eigenvalue weighted by atomic mass is 32.2. The van der Waals surface area contributed by atoms with Gasteiger partial charge in [-0.2, -0.15) is 0 Å². The molecule has 19 heavy (non-hydrogen) atoms. The van der Waals surface area contributed by atoms with E-state index in [-0.39, 0.29) is 11.2 Å². The summed E-state index contributed by atoms with van der Waals surface area (Å²) in [6, 6.07) is 13.9. The molecule has 0 heterocycles. The van der Waals surface area contributed by atoms with Crippen molar-refractivity contribution in [3.63, 3.8) is 0 Å². The van der Waals surface area contributed by atoms with Crippen LogP contribution in [0.25, 0.3) is 10.8 Å². The van der Waals surface area contributed by atoms with Gasteiger partial charge in [-0.25, -0.2) is 5.48 Å². The molecule has 2 rings (SSSR count). The van der Waals surface area contributed by atoms with Crippen LogP contribution in [0.1, 0.15) is 13.8 Å². The van der Waals surface area contributed by atoms with Gasteiger partial charge < -0.3 is 5.21 Å². The van der Waals surface area contributed by atoms with E-state index in [0.717, 1.165) is 15.7 Å². The second kappa shape index (κ2) is 6.28. The van der Waals surface area contributed by atoms with Gasteiger partial charge in [0.25, 0.3) is 0 Å². The van der Waals surface area contributed by atoms with Gasteiger partial charge in [-0.3, -0.25) is 4.21 Å². The van der Waals surface area contributed by atoms with Crippen molar-refractivity contribution in [3.05, 3.63) is 42.5 Å². The number of nitrogens with one attached hydrogen (secondary N) is 1. The van der Waals surface area contributed by atoms with Gasteiger partial charge >= 0.3 is 0 Å². The zero-order chi connectivity index (χ0) is 13.8. The normalized spacial score (nSPS) is 14.7. The van der Waals surface area contributed by atoms with Crippen LogP contribution in [-0.2, 0) is 10.8 Å². The van der Waals surface area contributed by atoms with Crippen molar-refractivity contribution in [3.8, 4) is 0 Å². The lowest BCUT2D eigenvalue weighted by molar-refractivity contribution is 0.162. The molecule has 0 fully saturated rings. The van der Waals surface area contributed by atoms with Gasteiger partial charge in [0.1, 0.15) is 0 Å². The number of hydrogen-bond donors (Lipinski definition) is 2. The van der Waals surface area contributed by atoms with E-state index in [1.54, 1.807) is 0 Å². The predicted molar refractivity (Wildman–Crippen MR) is 78.8 cm³/mol. The molecule has 0 aliphatic rings. The maximum Gasteiger partial charge on any atom is 0.0577 e. The lowest BCUT2D eigenvalue weighted by Gasteiger charge is -2.19. The smallest absolute Gasteiger partial charge is 0.0577 e. The van der Waals surface area contributed by atoms with Crippen molar-refractivity contribution in [1.82, 2.24) is 5.48 Å². The van der Waals surface area contributed by atoms with Crippen LogP contribution in [0.3, 0.4) is 0 Å². The molecule has 2 atom stereocenters. The number of hydroxylamine groups is 1. The minimum atomic E-state index is -1.13. The first-order valence-electron chi connectivity index (χ1n) is 6.40. The van der Waals surface area contributed by atoms with Crippen molar-refractivity contribution >= 4 is 21.6 Å². The topological polar surface area (TPSA) is 49.3 Å². The monoisotopic (exact) mass is 277 g/mol. The third kappa shape index (κ3) is 3.21. The summed E-state index contributed by atoms with van der Waals surface area (Å²) < 4.78 is 12.6. The van der Waals surface area contributed by atoms with E-state index < -0.39 is 10.8 Å². The lowest BCUT2D eigenvalue weighted by Crippen LogP contribution is -2.32. The van der Waals surface area contributed by atoms with Crippen LogP contribution in [0.5, 0.6) is 0 Å². The molecule has 0 radical (unpaired) electrons. The highest BCUT2D eigenvalue weighted by molar-refractivity contribution is 7.85. The Labute approximate surface area is 116 Å². The Kier molecular flexibility index (Phi) is 4.69. The molecule has 0 saturated carbocycles. The molecule has 0 aliphatic carbocycles. The first-order valence-corrected chi connectivity index (χ1v) is 7.61. The second-order valence-corrected chi connectivity index (χ2v) is 6.62. The summed E-state index contributed by atoms with van der Waals surface area (Å²) in [6.07, 6.45) is 0. The van der Waals surface area contributed by atoms with E-state index in [0.29, 0.717) is 6.54 Å². The van der Waals surface area contributed by atoms with Gasteiger partial charge in [0.05, 0.1) is 16.0 Å². The average molecular weight is 277 g/mol. The van der Waals surface area contributed by atoms with Gasteiger partial charge in [0.15, 0.2) is 0 Å². The van der Waals surface area contributed by atoms with Crippen molar-refractivity contribution in [1.29, 1.82) is 0 Å². The SMILES string of the molecule is CC(C)C(CNO)S(=O)c1ccc2ccccc2c1. The van der Waals surface area contributed by atoms with Gasteiger partial charge in [-0.05, 0) is 28.8 Å². The summed E-state index contributed by atoms with van der Waals surface area (Å²) in [5.41, 5.74) is 2.14. The zero-order valence-corrected chi connectivity index (χ0v) is 12.0. The summed E-state index contributed by atoms with van der Waals surface area (Å²) >= 11 is 0. The maximum atomic E-state index is 12.6. The molecule has 0 aliphatic heterocycles. The summed E-state index contributed by atoms with van der Waals surface area (Å²) in [5.74, 6) is 0.229. The van der Waals surface area contributed by atoms with Crippen molar-refractivity contribution < 1.29 is 9.42 Å². The average Bonchev–Trinajstić information content (AvgIpc) is 2.43. The highest BCUT2D eigenvalue weighted by Gasteiger charge is 2.21. The van der Waals surface area contributed by atoms with E-state index in [2.05, 4.69) is 5.48 Å². The van der Waals surface area contributed by atoms with Gasteiger partial charge in [-0.15, -0.1) is 0 Å². The molecule has 0 aromatic heterocycles. The molecule has 2 N–H and O–H groups in total. The van der Waals surface area contributed by atoms with E-state index in [9.17, 15) is 4.21 Å². The number of benzene rings is 2. The Morgan fingerprint density at radius 2 is 1.84 bits per heavy atom. The number of fused-ring (bicyclic) bond motifs is 1. The quantitative estimate of drug-likeness (QED) is 0.826. The molecule has 2 aromatic carbocycles. The Balaban J connectivity index is 2.34. The van der Waals surface area contributed by atoms with Crippen LogP contribution in [-0.4, -0.2) is 21.2 Å². The van der Waals surface area contributed by atoms with Crippen LogP contribution < -0.4 is 5.48 Å². The van der Waals surface area contributed by atoms with Crippen LogP contribution >= 0.6 is 0 Å². The molecule has 0 spiro atoms. The fourth-order valence-electron chi connectivity index (χ4n) is 2.12. The minimum Gasteiger partial charge on any atom is -0.317 e. The molecular formula is C15H19NO2S. The molecule has 102 valence electrons. The fraction of sp³-hybridized carbons (Fsp3) is 0.333. The van der Waals surface area contributed by atoms with Crippen LogP contribution in [0, 0.1) is 5.92 Å². The molecule has 2 aromatic rings. The van der Waals surface area contributed by atoms with Crippen molar-refractivity contribution in [2.75, 3.05) is 6.54 Å². The zero-order valence-electron chi connectivity index (χ0n) is 11.2. The largest absolute Gasteiger partial charge is 0.317 e. The van der Waals surface area contributed by atoms with Crippen LogP contribution in [0.15, 0.2) is 47.4 Å². The minimum absolute atomic E-state index is 0.105. The summed E-state index contributed by atoms with van der Waals surface area (Å²) in [6.45, 7) is 4.36. The van der Waals surface area contributed by atoms with Gasteiger partial charge in [0, 0.05) is 11.4 Å². The first kappa shape index (κ1) is 14.2. The van der Waals surface area contributed by atoms with Gasteiger partial charge in [0.2, 0.25) is 0 Å². The lowest BCUT2D eigenvalue weighted by atomic mass is 10.1. The third-order valence-corrected chi connectivity index (χ3v) is 5.24. The van der Waals surface area contributed by atoms with E-state index in [1.807, 2.05) is 56.3 Å². The Morgan fingerprint density at radius 1 is 1.16 bits per heavy atom. The predicted octanol–water partition coefficient (Wildman–Crippen LogP) is 2.95. The first-order chi connectivity index (χ1) is 9.13. The third-order valence-electron chi connectivity index (χ3n) is 3.26. The van der Waals surface area contributed by atoms with E-state index in [4.69, 9.17) is 5.21 Å². The molecule has 0 bridgehead atoms. The van der Waals surface area contributed by atoms with Crippen molar-refractivity contribution in [2.24, 2.45) is 5.92 Å². The summed E-state index contributed by atoms with van der Waals surface area (Å²) in [7, 11) is -1.13. The number of hydrogen-bond acceptors (Lipinski definition) is 3. The standard InChI is InChI=1S/C15H19NO2S/c1-11(2)15(10-16-17)19(18)14-8-7-12-5-3-4-6-13(12)9-14/h3-9,11,15-17H,10H2,1-2H3. The molecule has 0 saturated heterocycles. The summed E-state index contributed by atoms with van der Waals surface area (Å²) in [4.78, 5) is 0.813. The molecule has 3 nitrogen and oxygen atoms in total. The Morgan fingerprint density at radius 3 is 2.47 bits per heavy atom. The van der Waals surface area contributed by atoms with Crippen LogP contribution in [0.2, 0.25) is 0 Å². The van der Waals surface area contributed by atoms with E-state index in [1.165, 1.54) is 0 Å². The van der Waals surface area contributed by atoms with E-state index >= 15 is 0 Å². The molecule has 4 heteroatoms. The molecule has 0 amide bonds. The summed E-state index contributed by atoms with van der Waals surface area (Å²) in [5, 5.41) is 11.0. The highest BCUT2D eigenvalue weighted by Crippen LogP contribution is 2.22. The Bertz CT molecular complexity index is 583. The van der Waals surface area contributed by atoms with Crippen molar-refractivity contribution in [2.45, 2.75) is 24.0 Å². The maximum absolute atomic E-state index is 12.6. The molecular weight excluding hydrogens is 258 g/mol. The van der Waals surface area contributed by atoms with Crippen LogP contribution in [0.4, 0.5) is 0 Å². The Hall–Kier alpha value is -1.23. The molecule has 2 unspecified atom stereocenters.